The Kier molecular flexibility index (Phi) is 4.66. The number of nitrogens with two attached hydrogens (primary N) is 1. The lowest BCUT2D eigenvalue weighted by molar-refractivity contribution is 0.100. The van der Waals surface area contributed by atoms with Crippen molar-refractivity contribution in [2.24, 2.45) is 5.73 Å². The van der Waals surface area contributed by atoms with Gasteiger partial charge in [0.1, 0.15) is 0 Å². The van der Waals surface area contributed by atoms with Gasteiger partial charge in [0.05, 0.1) is 11.5 Å². The first-order valence-electron chi connectivity index (χ1n) is 6.91. The molecule has 2 aromatic rings. The van der Waals surface area contributed by atoms with Gasteiger partial charge in [0, 0.05) is 5.56 Å². The number of benzene rings is 2. The molecule has 4 nitrogen and oxygen atoms in total. The Balaban J connectivity index is 2.15. The van der Waals surface area contributed by atoms with Crippen LogP contribution in [0, 0.1) is 13.8 Å². The number of aryl methyl sites for hydroxylation is 2. The van der Waals surface area contributed by atoms with Crippen molar-refractivity contribution in [2.45, 2.75) is 25.4 Å². The van der Waals surface area contributed by atoms with Crippen molar-refractivity contribution in [3.63, 3.8) is 0 Å². The van der Waals surface area contributed by atoms with Crippen molar-refractivity contribution in [1.29, 1.82) is 0 Å². The average molecular weight is 317 g/mol. The SMILES string of the molecule is Cc1cc(C)cc(CS(=O)(=O)Cc2ccc(C(N)=O)cc2)c1. The van der Waals surface area contributed by atoms with E-state index in [-0.39, 0.29) is 11.5 Å². The number of rotatable bonds is 5. The van der Waals surface area contributed by atoms with E-state index >= 15 is 0 Å². The summed E-state index contributed by atoms with van der Waals surface area (Å²) in [4.78, 5) is 11.0. The molecular formula is C17H19NO3S. The largest absolute Gasteiger partial charge is 0.366 e. The molecule has 0 saturated carbocycles. The van der Waals surface area contributed by atoms with Crippen LogP contribution in [0.1, 0.15) is 32.6 Å². The molecule has 0 heterocycles. The number of carbonyl (C=O) groups excluding carboxylic acids is 1. The average Bonchev–Trinajstić information content (AvgIpc) is 2.36. The molecule has 2 rings (SSSR count). The van der Waals surface area contributed by atoms with Gasteiger partial charge in [-0.05, 0) is 37.1 Å². The van der Waals surface area contributed by atoms with E-state index in [1.54, 1.807) is 24.3 Å². The quantitative estimate of drug-likeness (QED) is 0.920. The lowest BCUT2D eigenvalue weighted by Crippen LogP contribution is -2.11. The summed E-state index contributed by atoms with van der Waals surface area (Å²) in [6.45, 7) is 3.90. The predicted molar refractivity (Wildman–Crippen MR) is 87.2 cm³/mol. The predicted octanol–water partition coefficient (Wildman–Crippen LogP) is 2.52. The highest BCUT2D eigenvalue weighted by Crippen LogP contribution is 2.16. The standard InChI is InChI=1S/C17H19NO3S/c1-12-7-13(2)9-15(8-12)11-22(20,21)10-14-3-5-16(6-4-14)17(18)19/h3-9H,10-11H2,1-2H3,(H2,18,19). The van der Waals surface area contributed by atoms with Crippen molar-refractivity contribution < 1.29 is 13.2 Å². The lowest BCUT2D eigenvalue weighted by atomic mass is 10.1. The van der Waals surface area contributed by atoms with Crippen LogP contribution in [0.25, 0.3) is 0 Å². The Morgan fingerprint density at radius 2 is 1.41 bits per heavy atom. The van der Waals surface area contributed by atoms with Crippen LogP contribution in [0.2, 0.25) is 0 Å². The van der Waals surface area contributed by atoms with Crippen LogP contribution in [0.15, 0.2) is 42.5 Å². The normalized spacial score (nSPS) is 11.4. The van der Waals surface area contributed by atoms with Crippen molar-refractivity contribution in [3.05, 3.63) is 70.3 Å². The molecule has 0 bridgehead atoms. The molecule has 5 heteroatoms. The first-order chi connectivity index (χ1) is 10.2. The monoisotopic (exact) mass is 317 g/mol. The van der Waals surface area contributed by atoms with Crippen LogP contribution in [0.5, 0.6) is 0 Å². The second-order valence-corrected chi connectivity index (χ2v) is 7.65. The van der Waals surface area contributed by atoms with Gasteiger partial charge in [0.2, 0.25) is 5.91 Å². The minimum Gasteiger partial charge on any atom is -0.366 e. The van der Waals surface area contributed by atoms with E-state index in [1.807, 2.05) is 32.0 Å². The first-order valence-corrected chi connectivity index (χ1v) is 8.74. The summed E-state index contributed by atoms with van der Waals surface area (Å²) < 4.78 is 24.6. The summed E-state index contributed by atoms with van der Waals surface area (Å²) in [6, 6.07) is 12.1. The van der Waals surface area contributed by atoms with E-state index in [0.29, 0.717) is 11.1 Å². The first kappa shape index (κ1) is 16.2. The third kappa shape index (κ3) is 4.43. The highest BCUT2D eigenvalue weighted by atomic mass is 32.2. The third-order valence-corrected chi connectivity index (χ3v) is 4.84. The minimum absolute atomic E-state index is 0.00703. The molecule has 0 saturated heterocycles. The Labute approximate surface area is 130 Å². The fourth-order valence-electron chi connectivity index (χ4n) is 2.48. The zero-order valence-corrected chi connectivity index (χ0v) is 13.5. The molecule has 0 fully saturated rings. The molecule has 0 aliphatic carbocycles. The number of primary amides is 1. The summed E-state index contributed by atoms with van der Waals surface area (Å²) in [7, 11) is -3.27. The number of hydrogen-bond donors (Lipinski definition) is 1. The van der Waals surface area contributed by atoms with Gasteiger partial charge in [-0.3, -0.25) is 4.79 Å². The molecule has 2 aromatic carbocycles. The fraction of sp³-hybridized carbons (Fsp3) is 0.235. The van der Waals surface area contributed by atoms with Gasteiger partial charge in [0.25, 0.3) is 0 Å². The Bertz CT molecular complexity index is 773. The Hall–Kier alpha value is -2.14. The van der Waals surface area contributed by atoms with Gasteiger partial charge in [-0.1, -0.05) is 41.5 Å². The topological polar surface area (TPSA) is 77.2 Å². The molecule has 0 aliphatic heterocycles. The van der Waals surface area contributed by atoms with Crippen LogP contribution in [-0.4, -0.2) is 14.3 Å². The zero-order valence-electron chi connectivity index (χ0n) is 12.7. The van der Waals surface area contributed by atoms with E-state index in [2.05, 4.69) is 0 Å². The van der Waals surface area contributed by atoms with Crippen LogP contribution >= 0.6 is 0 Å². The second kappa shape index (κ2) is 6.32. The van der Waals surface area contributed by atoms with Gasteiger partial charge >= 0.3 is 0 Å². The van der Waals surface area contributed by atoms with Gasteiger partial charge < -0.3 is 5.73 Å². The van der Waals surface area contributed by atoms with Crippen molar-refractivity contribution in [2.75, 3.05) is 0 Å². The molecule has 22 heavy (non-hydrogen) atoms. The van der Waals surface area contributed by atoms with Crippen LogP contribution < -0.4 is 5.73 Å². The highest BCUT2D eigenvalue weighted by Gasteiger charge is 2.14. The molecular weight excluding hydrogens is 298 g/mol. The number of sulfone groups is 1. The molecule has 0 atom stereocenters. The number of amides is 1. The minimum atomic E-state index is -3.27. The number of carbonyl (C=O) groups is 1. The molecule has 0 radical (unpaired) electrons. The number of hydrogen-bond acceptors (Lipinski definition) is 3. The maximum Gasteiger partial charge on any atom is 0.248 e. The third-order valence-electron chi connectivity index (χ3n) is 3.29. The highest BCUT2D eigenvalue weighted by molar-refractivity contribution is 7.89. The summed E-state index contributed by atoms with van der Waals surface area (Å²) in [5.41, 5.74) is 9.08. The molecule has 116 valence electrons. The van der Waals surface area contributed by atoms with E-state index in [9.17, 15) is 13.2 Å². The fourth-order valence-corrected chi connectivity index (χ4v) is 3.95. The summed E-state index contributed by atoms with van der Waals surface area (Å²) in [6.07, 6.45) is 0. The van der Waals surface area contributed by atoms with Crippen molar-refractivity contribution in [1.82, 2.24) is 0 Å². The molecule has 0 spiro atoms. The van der Waals surface area contributed by atoms with Gasteiger partial charge in [-0.15, -0.1) is 0 Å². The van der Waals surface area contributed by atoms with Gasteiger partial charge in [0.15, 0.2) is 9.84 Å². The lowest BCUT2D eigenvalue weighted by Gasteiger charge is -2.07. The van der Waals surface area contributed by atoms with Crippen molar-refractivity contribution in [3.8, 4) is 0 Å². The summed E-state index contributed by atoms with van der Waals surface area (Å²) in [5, 5.41) is 0. The summed E-state index contributed by atoms with van der Waals surface area (Å²) in [5.74, 6) is -0.573. The molecule has 0 aromatic heterocycles. The summed E-state index contributed by atoms with van der Waals surface area (Å²) >= 11 is 0. The Morgan fingerprint density at radius 3 is 1.91 bits per heavy atom. The second-order valence-electron chi connectivity index (χ2n) is 5.59. The zero-order chi connectivity index (χ0) is 16.3. The smallest absolute Gasteiger partial charge is 0.248 e. The molecule has 0 unspecified atom stereocenters. The Morgan fingerprint density at radius 1 is 0.909 bits per heavy atom. The van der Waals surface area contributed by atoms with E-state index in [0.717, 1.165) is 16.7 Å². The maximum absolute atomic E-state index is 12.3. The van der Waals surface area contributed by atoms with Gasteiger partial charge in [-0.25, -0.2) is 8.42 Å². The van der Waals surface area contributed by atoms with Gasteiger partial charge in [-0.2, -0.15) is 0 Å². The van der Waals surface area contributed by atoms with E-state index in [1.165, 1.54) is 0 Å². The molecule has 2 N–H and O–H groups in total. The van der Waals surface area contributed by atoms with E-state index < -0.39 is 15.7 Å². The van der Waals surface area contributed by atoms with Crippen LogP contribution in [0.4, 0.5) is 0 Å². The van der Waals surface area contributed by atoms with E-state index in [4.69, 9.17) is 5.73 Å². The van der Waals surface area contributed by atoms with Crippen molar-refractivity contribution >= 4 is 15.7 Å². The molecule has 1 amide bonds. The molecule has 0 aliphatic rings. The van der Waals surface area contributed by atoms with Crippen LogP contribution in [0.3, 0.4) is 0 Å². The maximum atomic E-state index is 12.3. The van der Waals surface area contributed by atoms with Crippen LogP contribution in [-0.2, 0) is 21.3 Å².